The number of carbonyl (C=O) groups excluding carboxylic acids is 1. The minimum absolute atomic E-state index is 0.123. The molecule has 1 aliphatic heterocycles. The van der Waals surface area contributed by atoms with Crippen molar-refractivity contribution in [1.29, 1.82) is 0 Å². The Kier molecular flexibility index (Phi) is 4.33. The lowest BCUT2D eigenvalue weighted by Crippen LogP contribution is -2.46. The van der Waals surface area contributed by atoms with Crippen LogP contribution in [0.1, 0.15) is 12.8 Å². The zero-order valence-electron chi connectivity index (χ0n) is 12.1. The van der Waals surface area contributed by atoms with Gasteiger partial charge in [0.15, 0.2) is 0 Å². The molecule has 0 spiro atoms. The van der Waals surface area contributed by atoms with Crippen LogP contribution in [0.4, 0.5) is 11.4 Å². The standard InChI is InChI=1S/C15H20ClN3O2/c1-19-6-7-21-14(9-19)15(20)18-13-8-10(16)2-5-12(13)17-11-3-4-11/h2,5,8,11,14,17H,3-4,6-7,9H2,1H3,(H,18,20)/t14-/m0/s1. The van der Waals surface area contributed by atoms with E-state index in [4.69, 9.17) is 16.3 Å². The zero-order chi connectivity index (χ0) is 14.8. The van der Waals surface area contributed by atoms with E-state index in [2.05, 4.69) is 15.5 Å². The van der Waals surface area contributed by atoms with Gasteiger partial charge in [0.25, 0.3) is 5.91 Å². The Labute approximate surface area is 129 Å². The second-order valence-corrected chi connectivity index (χ2v) is 6.16. The number of anilines is 2. The first kappa shape index (κ1) is 14.6. The van der Waals surface area contributed by atoms with Crippen LogP contribution in [0.5, 0.6) is 0 Å². The number of amides is 1. The fourth-order valence-electron chi connectivity index (χ4n) is 2.34. The van der Waals surface area contributed by atoms with Crippen molar-refractivity contribution in [2.24, 2.45) is 0 Å². The summed E-state index contributed by atoms with van der Waals surface area (Å²) in [6, 6.07) is 6.02. The highest BCUT2D eigenvalue weighted by Crippen LogP contribution is 2.31. The van der Waals surface area contributed by atoms with E-state index in [1.54, 1.807) is 6.07 Å². The lowest BCUT2D eigenvalue weighted by Gasteiger charge is -2.29. The summed E-state index contributed by atoms with van der Waals surface area (Å²) >= 11 is 6.04. The molecule has 1 atom stereocenters. The number of likely N-dealkylation sites (N-methyl/N-ethyl adjacent to an activating group) is 1. The summed E-state index contributed by atoms with van der Waals surface area (Å²) in [5, 5.41) is 6.95. The van der Waals surface area contributed by atoms with Crippen LogP contribution in [0.15, 0.2) is 18.2 Å². The average molecular weight is 310 g/mol. The molecule has 1 aromatic carbocycles. The highest BCUT2D eigenvalue weighted by atomic mass is 35.5. The summed E-state index contributed by atoms with van der Waals surface area (Å²) in [4.78, 5) is 14.4. The summed E-state index contributed by atoms with van der Waals surface area (Å²) in [6.45, 7) is 2.05. The number of hydrogen-bond acceptors (Lipinski definition) is 4. The third-order valence-electron chi connectivity index (χ3n) is 3.74. The summed E-state index contributed by atoms with van der Waals surface area (Å²) in [7, 11) is 1.99. The lowest BCUT2D eigenvalue weighted by atomic mass is 10.2. The molecule has 0 radical (unpaired) electrons. The molecule has 21 heavy (non-hydrogen) atoms. The number of morpholine rings is 1. The lowest BCUT2D eigenvalue weighted by molar-refractivity contribution is -0.132. The quantitative estimate of drug-likeness (QED) is 0.895. The van der Waals surface area contributed by atoms with Gasteiger partial charge in [-0.05, 0) is 38.1 Å². The molecule has 1 aromatic rings. The molecule has 1 amide bonds. The first-order valence-corrected chi connectivity index (χ1v) is 7.67. The molecule has 6 heteroatoms. The van der Waals surface area contributed by atoms with Gasteiger partial charge in [-0.1, -0.05) is 11.6 Å². The van der Waals surface area contributed by atoms with Crippen LogP contribution in [0.2, 0.25) is 5.02 Å². The van der Waals surface area contributed by atoms with Crippen molar-refractivity contribution in [3.63, 3.8) is 0 Å². The van der Waals surface area contributed by atoms with E-state index in [0.717, 1.165) is 17.9 Å². The third-order valence-corrected chi connectivity index (χ3v) is 3.97. The number of benzene rings is 1. The van der Waals surface area contributed by atoms with Gasteiger partial charge in [0.1, 0.15) is 6.10 Å². The number of halogens is 1. The number of carbonyl (C=O) groups is 1. The Morgan fingerprint density at radius 2 is 2.19 bits per heavy atom. The van der Waals surface area contributed by atoms with Gasteiger partial charge in [-0.3, -0.25) is 4.79 Å². The van der Waals surface area contributed by atoms with Crippen LogP contribution in [0, 0.1) is 0 Å². The zero-order valence-corrected chi connectivity index (χ0v) is 12.8. The van der Waals surface area contributed by atoms with E-state index < -0.39 is 6.10 Å². The van der Waals surface area contributed by atoms with Gasteiger partial charge in [0.2, 0.25) is 0 Å². The third kappa shape index (κ3) is 3.87. The number of ether oxygens (including phenoxy) is 1. The predicted molar refractivity (Wildman–Crippen MR) is 84.0 cm³/mol. The fourth-order valence-corrected chi connectivity index (χ4v) is 2.52. The molecule has 0 unspecified atom stereocenters. The number of hydrogen-bond donors (Lipinski definition) is 2. The molecule has 1 saturated heterocycles. The first-order valence-electron chi connectivity index (χ1n) is 7.29. The molecule has 1 heterocycles. The van der Waals surface area contributed by atoms with Gasteiger partial charge in [-0.2, -0.15) is 0 Å². The summed E-state index contributed by atoms with van der Waals surface area (Å²) in [5.41, 5.74) is 1.63. The van der Waals surface area contributed by atoms with Gasteiger partial charge >= 0.3 is 0 Å². The van der Waals surface area contributed by atoms with E-state index in [0.29, 0.717) is 24.2 Å². The topological polar surface area (TPSA) is 53.6 Å². The predicted octanol–water partition coefficient (Wildman–Crippen LogP) is 2.18. The molecule has 0 aromatic heterocycles. The molecular weight excluding hydrogens is 290 g/mol. The van der Waals surface area contributed by atoms with E-state index in [-0.39, 0.29) is 5.91 Å². The summed E-state index contributed by atoms with van der Waals surface area (Å²) in [6.07, 6.45) is 1.91. The Balaban J connectivity index is 1.70. The SMILES string of the molecule is CN1CCO[C@H](C(=O)Nc2cc(Cl)ccc2NC2CC2)C1. The molecular formula is C15H20ClN3O2. The van der Waals surface area contributed by atoms with Crippen molar-refractivity contribution in [3.8, 4) is 0 Å². The normalized spacial score (nSPS) is 22.9. The van der Waals surface area contributed by atoms with Gasteiger partial charge in [0.05, 0.1) is 18.0 Å². The summed E-state index contributed by atoms with van der Waals surface area (Å²) in [5.74, 6) is -0.123. The highest BCUT2D eigenvalue weighted by Gasteiger charge is 2.26. The minimum Gasteiger partial charge on any atom is -0.381 e. The van der Waals surface area contributed by atoms with Crippen molar-refractivity contribution in [3.05, 3.63) is 23.2 Å². The second kappa shape index (κ2) is 6.22. The maximum Gasteiger partial charge on any atom is 0.254 e. The molecule has 1 aliphatic carbocycles. The molecule has 1 saturated carbocycles. The van der Waals surface area contributed by atoms with Crippen LogP contribution in [-0.2, 0) is 9.53 Å². The smallest absolute Gasteiger partial charge is 0.254 e. The summed E-state index contributed by atoms with van der Waals surface area (Å²) < 4.78 is 5.54. The monoisotopic (exact) mass is 309 g/mol. The second-order valence-electron chi connectivity index (χ2n) is 5.72. The molecule has 3 rings (SSSR count). The molecule has 0 bridgehead atoms. The number of nitrogens with zero attached hydrogens (tertiary/aromatic N) is 1. The van der Waals surface area contributed by atoms with Crippen molar-refractivity contribution >= 4 is 28.9 Å². The maximum absolute atomic E-state index is 12.3. The van der Waals surface area contributed by atoms with Crippen LogP contribution in [0.25, 0.3) is 0 Å². The molecule has 114 valence electrons. The largest absolute Gasteiger partial charge is 0.381 e. The van der Waals surface area contributed by atoms with E-state index in [1.165, 1.54) is 12.8 Å². The van der Waals surface area contributed by atoms with Crippen molar-refractivity contribution in [2.75, 3.05) is 37.4 Å². The van der Waals surface area contributed by atoms with Crippen molar-refractivity contribution in [2.45, 2.75) is 25.0 Å². The maximum atomic E-state index is 12.3. The first-order chi connectivity index (χ1) is 10.1. The van der Waals surface area contributed by atoms with Gasteiger partial charge in [0, 0.05) is 24.2 Å². The Bertz CT molecular complexity index is 534. The van der Waals surface area contributed by atoms with Crippen LogP contribution in [0.3, 0.4) is 0 Å². The Hall–Kier alpha value is -1.30. The van der Waals surface area contributed by atoms with Crippen LogP contribution >= 0.6 is 11.6 Å². The van der Waals surface area contributed by atoms with E-state index in [1.807, 2.05) is 19.2 Å². The Morgan fingerprint density at radius 1 is 1.38 bits per heavy atom. The molecule has 2 aliphatic rings. The molecule has 5 nitrogen and oxygen atoms in total. The average Bonchev–Trinajstić information content (AvgIpc) is 3.26. The Morgan fingerprint density at radius 3 is 2.90 bits per heavy atom. The van der Waals surface area contributed by atoms with Gasteiger partial charge < -0.3 is 20.3 Å². The fraction of sp³-hybridized carbons (Fsp3) is 0.533. The van der Waals surface area contributed by atoms with E-state index in [9.17, 15) is 4.79 Å². The highest BCUT2D eigenvalue weighted by molar-refractivity contribution is 6.31. The van der Waals surface area contributed by atoms with Crippen molar-refractivity contribution < 1.29 is 9.53 Å². The number of rotatable bonds is 4. The van der Waals surface area contributed by atoms with E-state index >= 15 is 0 Å². The van der Waals surface area contributed by atoms with Crippen LogP contribution < -0.4 is 10.6 Å². The number of nitrogens with one attached hydrogen (secondary N) is 2. The van der Waals surface area contributed by atoms with Gasteiger partial charge in [-0.25, -0.2) is 0 Å². The van der Waals surface area contributed by atoms with Gasteiger partial charge in [-0.15, -0.1) is 0 Å². The molecule has 2 N–H and O–H groups in total. The minimum atomic E-state index is -0.434. The van der Waals surface area contributed by atoms with Crippen molar-refractivity contribution in [1.82, 2.24) is 4.90 Å². The van der Waals surface area contributed by atoms with Crippen LogP contribution in [-0.4, -0.2) is 49.7 Å². The molecule has 2 fully saturated rings.